The molecule has 0 aromatic heterocycles. The molecule has 0 amide bonds. The molecule has 0 bridgehead atoms. The molecule has 0 spiro atoms. The van der Waals surface area contributed by atoms with Crippen molar-refractivity contribution in [1.29, 1.82) is 0 Å². The number of hydrogen-bond donors (Lipinski definition) is 1. The number of ether oxygens (including phenoxy) is 4. The van der Waals surface area contributed by atoms with Gasteiger partial charge in [0.2, 0.25) is 0 Å². The number of unbranched alkanes of at least 4 members (excludes halogenated alkanes) is 2. The molecule has 4 unspecified atom stereocenters. The summed E-state index contributed by atoms with van der Waals surface area (Å²) in [6.07, 6.45) is 8.82. The Morgan fingerprint density at radius 3 is 2.07 bits per heavy atom. The third kappa shape index (κ3) is 12.6. The van der Waals surface area contributed by atoms with Gasteiger partial charge < -0.3 is 24.1 Å². The third-order valence-corrected chi connectivity index (χ3v) is 5.81. The topological polar surface area (TPSA) is 57.2 Å². The largest absolute Gasteiger partial charge is 0.396 e. The molecule has 5 nitrogen and oxygen atoms in total. The summed E-state index contributed by atoms with van der Waals surface area (Å²) in [6, 6.07) is 0. The first-order valence-corrected chi connectivity index (χ1v) is 12.6. The Morgan fingerprint density at radius 2 is 1.50 bits per heavy atom. The van der Waals surface area contributed by atoms with E-state index in [0.717, 1.165) is 64.4 Å². The van der Waals surface area contributed by atoms with Crippen molar-refractivity contribution in [3.63, 3.8) is 0 Å². The minimum atomic E-state index is -1.03. The number of hydrogen-bond acceptors (Lipinski definition) is 5. The van der Waals surface area contributed by atoms with E-state index in [9.17, 15) is 0 Å². The summed E-state index contributed by atoms with van der Waals surface area (Å²) in [5.74, 6) is -0.525. The molecule has 1 N–H and O–H groups in total. The van der Waals surface area contributed by atoms with Crippen LogP contribution in [0.4, 0.5) is 0 Å². The number of aliphatic hydroxyl groups is 1. The van der Waals surface area contributed by atoms with Crippen molar-refractivity contribution in [3.05, 3.63) is 0 Å². The van der Waals surface area contributed by atoms with Crippen molar-refractivity contribution in [3.8, 4) is 0 Å². The summed E-state index contributed by atoms with van der Waals surface area (Å²) >= 11 is 0. The molecule has 0 aliphatic carbocycles. The first kappa shape index (κ1) is 29.8. The van der Waals surface area contributed by atoms with Crippen LogP contribution in [0.1, 0.15) is 106 Å². The molecule has 0 aromatic carbocycles. The Hall–Kier alpha value is -0.200. The fourth-order valence-corrected chi connectivity index (χ4v) is 3.31. The second kappa shape index (κ2) is 18.4. The van der Waals surface area contributed by atoms with E-state index in [1.807, 2.05) is 0 Å². The molecule has 0 aromatic rings. The first-order valence-electron chi connectivity index (χ1n) is 12.6. The van der Waals surface area contributed by atoms with Gasteiger partial charge in [0.05, 0.1) is 18.8 Å². The third-order valence-electron chi connectivity index (χ3n) is 5.81. The van der Waals surface area contributed by atoms with E-state index in [4.69, 9.17) is 24.1 Å². The Labute approximate surface area is 187 Å². The summed E-state index contributed by atoms with van der Waals surface area (Å²) in [5.41, 5.74) is 0. The van der Waals surface area contributed by atoms with Crippen molar-refractivity contribution in [2.24, 2.45) is 11.8 Å². The lowest BCUT2D eigenvalue weighted by molar-refractivity contribution is -0.429. The molecular formula is C25H52O5. The summed E-state index contributed by atoms with van der Waals surface area (Å²) in [7, 11) is 0. The molecule has 0 saturated carbocycles. The van der Waals surface area contributed by atoms with E-state index >= 15 is 0 Å². The average molecular weight is 433 g/mol. The lowest BCUT2D eigenvalue weighted by Gasteiger charge is -2.42. The van der Waals surface area contributed by atoms with Gasteiger partial charge in [-0.05, 0) is 57.8 Å². The number of aliphatic hydroxyl groups excluding tert-OH is 1. The van der Waals surface area contributed by atoms with E-state index in [-0.39, 0.29) is 24.7 Å². The first-order chi connectivity index (χ1) is 14.4. The van der Waals surface area contributed by atoms with E-state index < -0.39 is 5.97 Å². The minimum absolute atomic E-state index is 0.0545. The highest BCUT2D eigenvalue weighted by Crippen LogP contribution is 2.34. The van der Waals surface area contributed by atoms with Crippen molar-refractivity contribution >= 4 is 0 Å². The van der Waals surface area contributed by atoms with Crippen molar-refractivity contribution < 1.29 is 24.1 Å². The molecule has 4 atom stereocenters. The Kier molecular flexibility index (Phi) is 18.3. The fraction of sp³-hybridized carbons (Fsp3) is 1.00. The molecule has 0 saturated heterocycles. The summed E-state index contributed by atoms with van der Waals surface area (Å²) in [4.78, 5) is 0. The minimum Gasteiger partial charge on any atom is -0.396 e. The van der Waals surface area contributed by atoms with Crippen LogP contribution in [0, 0.1) is 11.8 Å². The van der Waals surface area contributed by atoms with Crippen LogP contribution >= 0.6 is 0 Å². The van der Waals surface area contributed by atoms with Crippen LogP contribution in [0.15, 0.2) is 0 Å². The zero-order valence-electron chi connectivity index (χ0n) is 21.1. The molecular weight excluding hydrogens is 380 g/mol. The highest BCUT2D eigenvalue weighted by atomic mass is 16.9. The maximum atomic E-state index is 8.88. The second-order valence-corrected chi connectivity index (χ2v) is 8.79. The van der Waals surface area contributed by atoms with Gasteiger partial charge >= 0.3 is 0 Å². The summed E-state index contributed by atoms with van der Waals surface area (Å²) in [5, 5.41) is 8.88. The molecule has 0 aliphatic rings. The molecule has 30 heavy (non-hydrogen) atoms. The predicted octanol–water partition coefficient (Wildman–Crippen LogP) is 6.32. The zero-order valence-corrected chi connectivity index (χ0v) is 21.1. The monoisotopic (exact) mass is 432 g/mol. The molecule has 0 heterocycles. The van der Waals surface area contributed by atoms with Gasteiger partial charge in [0, 0.05) is 25.7 Å². The van der Waals surface area contributed by atoms with Crippen LogP contribution < -0.4 is 0 Å². The Balaban J connectivity index is 5.21. The molecule has 0 rings (SSSR count). The van der Waals surface area contributed by atoms with Crippen LogP contribution in [0.5, 0.6) is 0 Å². The van der Waals surface area contributed by atoms with E-state index in [1.54, 1.807) is 0 Å². The maximum Gasteiger partial charge on any atom is 0.286 e. The lowest BCUT2D eigenvalue weighted by atomic mass is 10.0. The van der Waals surface area contributed by atoms with Gasteiger partial charge in [-0.15, -0.1) is 0 Å². The van der Waals surface area contributed by atoms with Gasteiger partial charge in [-0.25, -0.2) is 0 Å². The lowest BCUT2D eigenvalue weighted by Crippen LogP contribution is -2.50. The molecule has 0 aliphatic heterocycles. The predicted molar refractivity (Wildman–Crippen MR) is 125 cm³/mol. The SMILES string of the molecule is CCCC(C)OC(OCC(C)CC)(OC(CC)CC)C(C)CCOCCCCCO. The zero-order chi connectivity index (χ0) is 22.8. The van der Waals surface area contributed by atoms with Crippen LogP contribution in [0.3, 0.4) is 0 Å². The highest BCUT2D eigenvalue weighted by molar-refractivity contribution is 4.73. The Bertz CT molecular complexity index is 375. The smallest absolute Gasteiger partial charge is 0.286 e. The van der Waals surface area contributed by atoms with Gasteiger partial charge in [-0.3, -0.25) is 0 Å². The van der Waals surface area contributed by atoms with Crippen molar-refractivity contribution in [2.45, 2.75) is 124 Å². The Morgan fingerprint density at radius 1 is 0.800 bits per heavy atom. The summed E-state index contributed by atoms with van der Waals surface area (Å²) in [6.45, 7) is 17.4. The van der Waals surface area contributed by atoms with Gasteiger partial charge in [0.25, 0.3) is 5.97 Å². The highest BCUT2D eigenvalue weighted by Gasteiger charge is 2.43. The quantitative estimate of drug-likeness (QED) is 0.170. The standard InChI is InChI=1S/C25H52O5/c1-8-15-23(7)29-25(28-20-21(5)9-2,30-24(10-3)11-4)22(6)16-19-27-18-14-12-13-17-26/h21-24,26H,8-20H2,1-7H3. The fourth-order valence-electron chi connectivity index (χ4n) is 3.31. The van der Waals surface area contributed by atoms with Crippen LogP contribution in [0.25, 0.3) is 0 Å². The van der Waals surface area contributed by atoms with E-state index in [1.165, 1.54) is 0 Å². The van der Waals surface area contributed by atoms with Gasteiger partial charge in [0.1, 0.15) is 0 Å². The number of rotatable bonds is 21. The van der Waals surface area contributed by atoms with Crippen LogP contribution in [-0.4, -0.2) is 49.7 Å². The van der Waals surface area contributed by atoms with Crippen molar-refractivity contribution in [2.75, 3.05) is 26.4 Å². The van der Waals surface area contributed by atoms with Crippen molar-refractivity contribution in [1.82, 2.24) is 0 Å². The maximum absolute atomic E-state index is 8.88. The van der Waals surface area contributed by atoms with Gasteiger partial charge in [-0.2, -0.15) is 0 Å². The molecule has 182 valence electrons. The normalized spacial score (nSPS) is 17.1. The molecule has 5 heteroatoms. The van der Waals surface area contributed by atoms with Gasteiger partial charge in [-0.1, -0.05) is 54.4 Å². The molecule has 0 radical (unpaired) electrons. The van der Waals surface area contributed by atoms with Crippen LogP contribution in [-0.2, 0) is 18.9 Å². The van der Waals surface area contributed by atoms with E-state index in [0.29, 0.717) is 19.1 Å². The van der Waals surface area contributed by atoms with Crippen LogP contribution in [0.2, 0.25) is 0 Å². The average Bonchev–Trinajstić information content (AvgIpc) is 2.74. The molecule has 0 fully saturated rings. The van der Waals surface area contributed by atoms with Gasteiger partial charge in [0.15, 0.2) is 0 Å². The van der Waals surface area contributed by atoms with E-state index in [2.05, 4.69) is 48.5 Å². The second-order valence-electron chi connectivity index (χ2n) is 8.79. The summed E-state index contributed by atoms with van der Waals surface area (Å²) < 4.78 is 25.5.